The van der Waals surface area contributed by atoms with Crippen LogP contribution in [0.4, 0.5) is 11.4 Å². The van der Waals surface area contributed by atoms with Gasteiger partial charge in [-0.15, -0.1) is 0 Å². The largest absolute Gasteiger partial charge is 0.343 e. The van der Waals surface area contributed by atoms with E-state index in [1.54, 1.807) is 0 Å². The monoisotopic (exact) mass is 656 g/mol. The number of allylic oxidation sites excluding steroid dienone is 2. The fraction of sp³-hybridized carbons (Fsp3) is 0.106. The summed E-state index contributed by atoms with van der Waals surface area (Å²) >= 11 is 0. The standard InChI is InChI=1S/C47H36N4/c1-3-13-46-42(11-1)44-19-21-50(46)30-34-15-17-40-38(25-34)27-39-26-35(16-18-41(39)40)31-51-22-20-45(43-12-2-4-14-47(43)51)49-29-33-8-6-10-37(24-33)36-9-5-7-32(23-36)28-48-44/h1-26H,27-31H2. The summed E-state index contributed by atoms with van der Waals surface area (Å²) < 4.78 is 0. The van der Waals surface area contributed by atoms with E-state index in [9.17, 15) is 0 Å². The van der Waals surface area contributed by atoms with Crippen LogP contribution in [0.1, 0.15) is 44.5 Å². The van der Waals surface area contributed by atoms with Crippen molar-refractivity contribution in [3.8, 4) is 22.3 Å². The molecule has 4 aliphatic heterocycles. The molecule has 5 aliphatic rings. The van der Waals surface area contributed by atoms with Gasteiger partial charge in [0.25, 0.3) is 0 Å². The van der Waals surface area contributed by atoms with Crippen molar-refractivity contribution >= 4 is 22.8 Å². The molecule has 0 fully saturated rings. The number of hydrogen-bond donors (Lipinski definition) is 0. The number of para-hydroxylation sites is 2. The molecule has 0 unspecified atom stereocenters. The second kappa shape index (κ2) is 12.3. The van der Waals surface area contributed by atoms with Crippen molar-refractivity contribution in [2.75, 3.05) is 9.80 Å². The lowest BCUT2D eigenvalue weighted by atomic mass is 9.99. The van der Waals surface area contributed by atoms with Crippen molar-refractivity contribution in [1.29, 1.82) is 0 Å². The zero-order chi connectivity index (χ0) is 33.7. The summed E-state index contributed by atoms with van der Waals surface area (Å²) in [6.07, 6.45) is 9.70. The second-order valence-corrected chi connectivity index (χ2v) is 13.9. The summed E-state index contributed by atoms with van der Waals surface area (Å²) in [7, 11) is 0. The molecule has 11 rings (SSSR count). The molecule has 6 aromatic rings. The van der Waals surface area contributed by atoms with Gasteiger partial charge >= 0.3 is 0 Å². The van der Waals surface area contributed by atoms with Crippen LogP contribution in [0, 0.1) is 0 Å². The van der Waals surface area contributed by atoms with Crippen LogP contribution in [0.15, 0.2) is 168 Å². The Morgan fingerprint density at radius 3 is 1.41 bits per heavy atom. The first kappa shape index (κ1) is 29.6. The number of benzene rings is 6. The highest BCUT2D eigenvalue weighted by molar-refractivity contribution is 6.14. The zero-order valence-electron chi connectivity index (χ0n) is 28.3. The highest BCUT2D eigenvalue weighted by atomic mass is 15.1. The molecule has 4 heterocycles. The molecule has 0 radical (unpaired) electrons. The molecule has 0 amide bonds. The van der Waals surface area contributed by atoms with Crippen LogP contribution < -0.4 is 9.80 Å². The van der Waals surface area contributed by atoms with Crippen LogP contribution in [-0.2, 0) is 32.6 Å². The van der Waals surface area contributed by atoms with Crippen LogP contribution in [0.2, 0.25) is 0 Å². The van der Waals surface area contributed by atoms with Gasteiger partial charge in [-0.25, -0.2) is 0 Å². The molecule has 0 aromatic heterocycles. The SMILES string of the molecule is C1=CN2Cc3ccc4c(c3)Cc3cc(ccc3-4)CN3C=CC(=NCc4cccc(c4)-c4cccc(c4)CN=C1c1ccccc12)c1ccccc13. The maximum atomic E-state index is 5.14. The fourth-order valence-electron chi connectivity index (χ4n) is 8.05. The minimum absolute atomic E-state index is 0.616. The van der Waals surface area contributed by atoms with Crippen molar-refractivity contribution in [1.82, 2.24) is 0 Å². The van der Waals surface area contributed by atoms with E-state index in [0.717, 1.165) is 30.9 Å². The van der Waals surface area contributed by atoms with Crippen molar-refractivity contribution in [3.63, 3.8) is 0 Å². The molecule has 4 heteroatoms. The van der Waals surface area contributed by atoms with E-state index < -0.39 is 0 Å². The van der Waals surface area contributed by atoms with E-state index in [0.29, 0.717) is 13.1 Å². The highest BCUT2D eigenvalue weighted by Gasteiger charge is 2.23. The smallest absolute Gasteiger partial charge is 0.0686 e. The molecular formula is C47H36N4. The number of anilines is 2. The van der Waals surface area contributed by atoms with E-state index in [1.165, 1.54) is 78.1 Å². The second-order valence-electron chi connectivity index (χ2n) is 13.9. The van der Waals surface area contributed by atoms with Crippen molar-refractivity contribution < 1.29 is 0 Å². The first-order valence-corrected chi connectivity index (χ1v) is 17.8. The van der Waals surface area contributed by atoms with Gasteiger partial charge in [-0.05, 0) is 98.5 Å². The topological polar surface area (TPSA) is 31.2 Å². The van der Waals surface area contributed by atoms with Gasteiger partial charge in [0, 0.05) is 36.6 Å². The Labute approximate surface area is 299 Å². The fourth-order valence-corrected chi connectivity index (χ4v) is 8.05. The van der Waals surface area contributed by atoms with Crippen LogP contribution in [0.3, 0.4) is 0 Å². The molecular weight excluding hydrogens is 621 g/mol. The lowest BCUT2D eigenvalue weighted by Gasteiger charge is -2.27. The Hall–Kier alpha value is -6.26. The maximum absolute atomic E-state index is 5.14. The lowest BCUT2D eigenvalue weighted by Crippen LogP contribution is -2.22. The molecule has 6 aromatic carbocycles. The minimum atomic E-state index is 0.616. The Morgan fingerprint density at radius 1 is 0.412 bits per heavy atom. The highest BCUT2D eigenvalue weighted by Crippen LogP contribution is 2.39. The molecule has 12 bridgehead atoms. The Kier molecular flexibility index (Phi) is 7.12. The van der Waals surface area contributed by atoms with E-state index in [1.807, 2.05) is 0 Å². The van der Waals surface area contributed by atoms with E-state index in [2.05, 4.69) is 168 Å². The Balaban J connectivity index is 1.05. The predicted octanol–water partition coefficient (Wildman–Crippen LogP) is 10.3. The lowest BCUT2D eigenvalue weighted by molar-refractivity contribution is 0.954. The Morgan fingerprint density at radius 2 is 0.902 bits per heavy atom. The number of rotatable bonds is 0. The third-order valence-corrected chi connectivity index (χ3v) is 10.6. The van der Waals surface area contributed by atoms with Gasteiger partial charge in [0.2, 0.25) is 0 Å². The summed E-state index contributed by atoms with van der Waals surface area (Å²) in [5.41, 5.74) is 19.7. The first-order valence-electron chi connectivity index (χ1n) is 17.8. The van der Waals surface area contributed by atoms with Gasteiger partial charge in [-0.1, -0.05) is 109 Å². The summed E-state index contributed by atoms with van der Waals surface area (Å²) in [5, 5.41) is 0. The van der Waals surface area contributed by atoms with Crippen molar-refractivity contribution in [2.45, 2.75) is 32.6 Å². The molecule has 0 N–H and O–H groups in total. The molecule has 244 valence electrons. The average molecular weight is 657 g/mol. The number of fused-ring (bicyclic) bond motifs is 4. The minimum Gasteiger partial charge on any atom is -0.343 e. The summed E-state index contributed by atoms with van der Waals surface area (Å²) in [5.74, 6) is 0. The van der Waals surface area contributed by atoms with Crippen LogP contribution in [0.25, 0.3) is 22.3 Å². The molecule has 0 saturated carbocycles. The third kappa shape index (κ3) is 5.50. The zero-order valence-corrected chi connectivity index (χ0v) is 28.3. The Bertz CT molecular complexity index is 2310. The first-order chi connectivity index (χ1) is 25.2. The third-order valence-electron chi connectivity index (χ3n) is 10.6. The van der Waals surface area contributed by atoms with Crippen molar-refractivity contribution in [3.05, 3.63) is 203 Å². The van der Waals surface area contributed by atoms with E-state index >= 15 is 0 Å². The summed E-state index contributed by atoms with van der Waals surface area (Å²) in [6, 6.07) is 48.9. The number of hydrogen-bond acceptors (Lipinski definition) is 4. The molecule has 0 saturated heterocycles. The van der Waals surface area contributed by atoms with Crippen LogP contribution in [0.5, 0.6) is 0 Å². The van der Waals surface area contributed by atoms with Crippen LogP contribution >= 0.6 is 0 Å². The summed E-state index contributed by atoms with van der Waals surface area (Å²) in [4.78, 5) is 15.0. The molecule has 51 heavy (non-hydrogen) atoms. The molecule has 0 atom stereocenters. The molecule has 0 spiro atoms. The molecule has 4 nitrogen and oxygen atoms in total. The van der Waals surface area contributed by atoms with Crippen LogP contribution in [-0.4, -0.2) is 11.4 Å². The van der Waals surface area contributed by atoms with Crippen molar-refractivity contribution in [2.24, 2.45) is 9.98 Å². The maximum Gasteiger partial charge on any atom is 0.0686 e. The molecule has 1 aliphatic carbocycles. The van der Waals surface area contributed by atoms with Gasteiger partial charge in [0.05, 0.1) is 35.9 Å². The van der Waals surface area contributed by atoms with Gasteiger partial charge in [0.15, 0.2) is 0 Å². The predicted molar refractivity (Wildman–Crippen MR) is 211 cm³/mol. The summed E-state index contributed by atoms with van der Waals surface area (Å²) in [6.45, 7) is 2.85. The van der Waals surface area contributed by atoms with Gasteiger partial charge < -0.3 is 9.80 Å². The van der Waals surface area contributed by atoms with E-state index in [-0.39, 0.29) is 0 Å². The van der Waals surface area contributed by atoms with Gasteiger partial charge in [-0.2, -0.15) is 0 Å². The quantitative estimate of drug-likeness (QED) is 0.163. The average Bonchev–Trinajstić information content (AvgIpc) is 3.54. The number of nitrogens with zero attached hydrogens (tertiary/aromatic N) is 4. The normalized spacial score (nSPS) is 15.5. The number of aliphatic imine (C=N–C) groups is 2. The van der Waals surface area contributed by atoms with E-state index in [4.69, 9.17) is 9.98 Å². The van der Waals surface area contributed by atoms with Gasteiger partial charge in [-0.3, -0.25) is 9.98 Å². The van der Waals surface area contributed by atoms with Gasteiger partial charge in [0.1, 0.15) is 0 Å².